The third-order valence-electron chi connectivity index (χ3n) is 6.54. The van der Waals surface area contributed by atoms with Crippen LogP contribution in [0.15, 0.2) is 24.3 Å². The summed E-state index contributed by atoms with van der Waals surface area (Å²) in [6.07, 6.45) is 8.05. The molecule has 1 saturated heterocycles. The highest BCUT2D eigenvalue weighted by atomic mass is 35.5. The van der Waals surface area contributed by atoms with Gasteiger partial charge in [0.1, 0.15) is 16.5 Å². The smallest absolute Gasteiger partial charge is 0.255 e. The fourth-order valence-corrected chi connectivity index (χ4v) is 6.34. The second-order valence-electron chi connectivity index (χ2n) is 8.72. The van der Waals surface area contributed by atoms with E-state index in [9.17, 15) is 4.79 Å². The van der Waals surface area contributed by atoms with Gasteiger partial charge in [0.25, 0.3) is 5.91 Å². The Morgan fingerprint density at radius 3 is 2.62 bits per heavy atom. The average molecular weight is 469 g/mol. The molecule has 1 amide bonds. The van der Waals surface area contributed by atoms with Gasteiger partial charge in [-0.1, -0.05) is 37.1 Å². The van der Waals surface area contributed by atoms with Gasteiger partial charge in [0, 0.05) is 37.5 Å². The molecular formula is C25H29ClN4OS. The molecule has 0 N–H and O–H groups in total. The Balaban J connectivity index is 1.44. The van der Waals surface area contributed by atoms with Gasteiger partial charge >= 0.3 is 0 Å². The van der Waals surface area contributed by atoms with Crippen molar-refractivity contribution >= 4 is 44.9 Å². The Labute approximate surface area is 198 Å². The quantitative estimate of drug-likeness (QED) is 0.472. The highest BCUT2D eigenvalue weighted by Crippen LogP contribution is 2.39. The minimum Gasteiger partial charge on any atom is -0.352 e. The number of benzene rings is 1. The van der Waals surface area contributed by atoms with E-state index in [4.69, 9.17) is 21.6 Å². The van der Waals surface area contributed by atoms with Crippen molar-refractivity contribution in [3.63, 3.8) is 0 Å². The van der Waals surface area contributed by atoms with Crippen molar-refractivity contribution in [3.8, 4) is 0 Å². The molecule has 0 radical (unpaired) electrons. The molecular weight excluding hydrogens is 440 g/mol. The van der Waals surface area contributed by atoms with E-state index in [0.29, 0.717) is 23.7 Å². The number of hydrogen-bond donors (Lipinski definition) is 0. The van der Waals surface area contributed by atoms with Crippen LogP contribution >= 0.6 is 22.9 Å². The Morgan fingerprint density at radius 1 is 1.06 bits per heavy atom. The van der Waals surface area contributed by atoms with Crippen molar-refractivity contribution in [1.82, 2.24) is 14.9 Å². The van der Waals surface area contributed by atoms with Crippen LogP contribution in [0.2, 0.25) is 5.02 Å². The van der Waals surface area contributed by atoms with Gasteiger partial charge in [0.15, 0.2) is 0 Å². The molecule has 5 nitrogen and oxygen atoms in total. The minimum atomic E-state index is 0.0131. The molecule has 0 atom stereocenters. The van der Waals surface area contributed by atoms with E-state index in [-0.39, 0.29) is 5.91 Å². The summed E-state index contributed by atoms with van der Waals surface area (Å²) in [5.74, 6) is 2.04. The molecule has 0 saturated carbocycles. The third kappa shape index (κ3) is 4.11. The lowest BCUT2D eigenvalue weighted by Gasteiger charge is -2.36. The molecule has 5 rings (SSSR count). The van der Waals surface area contributed by atoms with Gasteiger partial charge in [-0.15, -0.1) is 11.3 Å². The molecule has 0 bridgehead atoms. The van der Waals surface area contributed by atoms with Crippen molar-refractivity contribution < 1.29 is 4.79 Å². The molecule has 7 heteroatoms. The van der Waals surface area contributed by atoms with Crippen molar-refractivity contribution in [1.29, 1.82) is 0 Å². The molecule has 32 heavy (non-hydrogen) atoms. The number of hydrogen-bond acceptors (Lipinski definition) is 5. The highest BCUT2D eigenvalue weighted by Gasteiger charge is 2.28. The third-order valence-corrected chi connectivity index (χ3v) is 8.05. The van der Waals surface area contributed by atoms with Crippen LogP contribution in [0.5, 0.6) is 0 Å². The number of aromatic nitrogens is 2. The minimum absolute atomic E-state index is 0.0131. The van der Waals surface area contributed by atoms with Crippen LogP contribution in [0, 0.1) is 0 Å². The maximum absolute atomic E-state index is 13.0. The maximum Gasteiger partial charge on any atom is 0.255 e. The molecule has 2 aromatic heterocycles. The number of carbonyl (C=O) groups excluding carboxylic acids is 1. The number of thiophene rings is 1. The molecule has 0 spiro atoms. The number of fused-ring (bicyclic) bond motifs is 3. The monoisotopic (exact) mass is 468 g/mol. The summed E-state index contributed by atoms with van der Waals surface area (Å²) in [7, 11) is 0. The fraction of sp³-hybridized carbons (Fsp3) is 0.480. The first-order valence-corrected chi connectivity index (χ1v) is 12.9. The van der Waals surface area contributed by atoms with Gasteiger partial charge in [-0.05, 0) is 49.8 Å². The van der Waals surface area contributed by atoms with Crippen LogP contribution in [0.1, 0.15) is 59.2 Å². The summed E-state index contributed by atoms with van der Waals surface area (Å²) in [5, 5.41) is 1.79. The van der Waals surface area contributed by atoms with Crippen LogP contribution in [0.25, 0.3) is 10.2 Å². The number of rotatable bonds is 4. The number of aryl methyl sites for hydroxylation is 3. The first-order valence-electron chi connectivity index (χ1n) is 11.8. The van der Waals surface area contributed by atoms with Gasteiger partial charge in [-0.3, -0.25) is 4.79 Å². The van der Waals surface area contributed by atoms with Crippen LogP contribution in [-0.4, -0.2) is 47.0 Å². The van der Waals surface area contributed by atoms with Crippen molar-refractivity contribution in [2.45, 2.75) is 51.9 Å². The summed E-state index contributed by atoms with van der Waals surface area (Å²) in [6.45, 7) is 5.07. The van der Waals surface area contributed by atoms with Crippen LogP contribution in [0.3, 0.4) is 0 Å². The predicted molar refractivity (Wildman–Crippen MR) is 132 cm³/mol. The summed E-state index contributed by atoms with van der Waals surface area (Å²) in [5.41, 5.74) is 2.07. The molecule has 3 heterocycles. The number of anilines is 1. The maximum atomic E-state index is 13.0. The fourth-order valence-electron chi connectivity index (χ4n) is 4.85. The van der Waals surface area contributed by atoms with Crippen LogP contribution < -0.4 is 4.90 Å². The first kappa shape index (κ1) is 21.7. The molecule has 1 aliphatic carbocycles. The van der Waals surface area contributed by atoms with Gasteiger partial charge in [0.2, 0.25) is 0 Å². The normalized spacial score (nSPS) is 16.8. The summed E-state index contributed by atoms with van der Waals surface area (Å²) < 4.78 is 0. The van der Waals surface area contributed by atoms with Gasteiger partial charge in [-0.25, -0.2) is 9.97 Å². The molecule has 168 valence electrons. The standard InChI is InChI=1S/C25H29ClN4OS/c1-2-8-21-27-23(22-18-10-4-3-5-12-20(18)32-24(22)28-21)29-13-15-30(16-14-29)25(31)17-9-6-7-11-19(17)26/h6-7,9,11H,2-5,8,10,12-16H2,1H3. The zero-order valence-corrected chi connectivity index (χ0v) is 20.1. The Hall–Kier alpha value is -2.18. The van der Waals surface area contributed by atoms with Gasteiger partial charge in [-0.2, -0.15) is 0 Å². The zero-order valence-electron chi connectivity index (χ0n) is 18.6. The van der Waals surface area contributed by atoms with Gasteiger partial charge < -0.3 is 9.80 Å². The predicted octanol–water partition coefficient (Wildman–Crippen LogP) is 5.53. The van der Waals surface area contributed by atoms with Crippen molar-refractivity contribution in [2.75, 3.05) is 31.1 Å². The first-order chi connectivity index (χ1) is 15.7. The zero-order chi connectivity index (χ0) is 22.1. The summed E-state index contributed by atoms with van der Waals surface area (Å²) in [4.78, 5) is 30.0. The van der Waals surface area contributed by atoms with Crippen molar-refractivity contribution in [2.24, 2.45) is 0 Å². The number of amides is 1. The lowest BCUT2D eigenvalue weighted by Crippen LogP contribution is -2.49. The van der Waals surface area contributed by atoms with E-state index >= 15 is 0 Å². The van der Waals surface area contributed by atoms with E-state index in [1.54, 1.807) is 6.07 Å². The molecule has 3 aromatic rings. The second kappa shape index (κ2) is 9.36. The van der Waals surface area contributed by atoms with E-state index in [1.807, 2.05) is 34.4 Å². The number of nitrogens with zero attached hydrogens (tertiary/aromatic N) is 4. The summed E-state index contributed by atoms with van der Waals surface area (Å²) in [6, 6.07) is 7.31. The van der Waals surface area contributed by atoms with Gasteiger partial charge in [0.05, 0.1) is 16.0 Å². The number of carbonyl (C=O) groups is 1. The highest BCUT2D eigenvalue weighted by molar-refractivity contribution is 7.19. The van der Waals surface area contributed by atoms with Crippen LogP contribution in [0.4, 0.5) is 5.82 Å². The number of piperazine rings is 1. The molecule has 1 aliphatic heterocycles. The van der Waals surface area contributed by atoms with E-state index in [0.717, 1.165) is 48.8 Å². The topological polar surface area (TPSA) is 49.3 Å². The summed E-state index contributed by atoms with van der Waals surface area (Å²) >= 11 is 8.15. The SMILES string of the molecule is CCCc1nc(N2CCN(C(=O)c3ccccc3Cl)CC2)c2c3c(sc2n1)CCCCC3. The lowest BCUT2D eigenvalue weighted by atomic mass is 10.1. The van der Waals surface area contributed by atoms with Crippen LogP contribution in [-0.2, 0) is 19.3 Å². The van der Waals surface area contributed by atoms with E-state index < -0.39 is 0 Å². The van der Waals surface area contributed by atoms with Crippen molar-refractivity contribution in [3.05, 3.63) is 51.1 Å². The Bertz CT molecular complexity index is 1140. The second-order valence-corrected chi connectivity index (χ2v) is 10.2. The van der Waals surface area contributed by atoms with E-state index in [1.165, 1.54) is 41.5 Å². The average Bonchev–Trinajstić information content (AvgIpc) is 2.99. The molecule has 1 aromatic carbocycles. The molecule has 1 fully saturated rings. The largest absolute Gasteiger partial charge is 0.352 e. The number of halogens is 1. The lowest BCUT2D eigenvalue weighted by molar-refractivity contribution is 0.0747. The molecule has 0 unspecified atom stereocenters. The Kier molecular flexibility index (Phi) is 6.33. The van der Waals surface area contributed by atoms with E-state index in [2.05, 4.69) is 11.8 Å². The molecule has 2 aliphatic rings. The Morgan fingerprint density at radius 2 is 1.84 bits per heavy atom.